The van der Waals surface area contributed by atoms with E-state index in [1.165, 1.54) is 0 Å². The van der Waals surface area contributed by atoms with E-state index in [0.29, 0.717) is 5.56 Å². The maximum Gasteiger partial charge on any atom is 0.326 e. The molecule has 0 saturated carbocycles. The molecule has 0 radical (unpaired) electrons. The number of benzene rings is 1. The van der Waals surface area contributed by atoms with Crippen molar-refractivity contribution in [2.45, 2.75) is 69.1 Å². The van der Waals surface area contributed by atoms with Gasteiger partial charge in [-0.05, 0) is 30.9 Å². The Morgan fingerprint density at radius 3 is 1.79 bits per heavy atom. The van der Waals surface area contributed by atoms with Gasteiger partial charge in [-0.3, -0.25) is 28.8 Å². The molecule has 1 aromatic heterocycles. The number of aliphatic carboxylic acids is 3. The summed E-state index contributed by atoms with van der Waals surface area (Å²) in [4.78, 5) is 87.0. The van der Waals surface area contributed by atoms with Crippen LogP contribution in [0.5, 0.6) is 0 Å². The van der Waals surface area contributed by atoms with E-state index in [-0.39, 0.29) is 19.3 Å². The number of rotatable bonds is 18. The van der Waals surface area contributed by atoms with Gasteiger partial charge in [0.25, 0.3) is 0 Å². The number of hydrogen-bond acceptors (Lipinski definition) is 8. The van der Waals surface area contributed by atoms with Crippen molar-refractivity contribution in [1.82, 2.24) is 20.9 Å². The van der Waals surface area contributed by atoms with Crippen molar-refractivity contribution in [2.24, 2.45) is 11.5 Å². The average molecular weight is 591 g/mol. The number of aromatic nitrogens is 1. The number of H-pyrrole nitrogens is 1. The van der Waals surface area contributed by atoms with Crippen molar-refractivity contribution in [2.75, 3.05) is 0 Å². The number of amides is 4. The average Bonchev–Trinajstić information content (AvgIpc) is 3.33. The fraction of sp³-hybridized carbons (Fsp3) is 0.423. The van der Waals surface area contributed by atoms with Gasteiger partial charge in [-0.25, -0.2) is 4.79 Å². The summed E-state index contributed by atoms with van der Waals surface area (Å²) >= 11 is 0. The minimum absolute atomic E-state index is 0.134. The van der Waals surface area contributed by atoms with E-state index in [0.717, 1.165) is 10.9 Å². The van der Waals surface area contributed by atoms with Gasteiger partial charge >= 0.3 is 17.9 Å². The van der Waals surface area contributed by atoms with Crippen LogP contribution in [-0.4, -0.2) is 86.0 Å². The number of hydrogen-bond donors (Lipinski definition) is 9. The van der Waals surface area contributed by atoms with E-state index in [1.807, 2.05) is 0 Å². The molecule has 4 unspecified atom stereocenters. The summed E-state index contributed by atoms with van der Waals surface area (Å²) in [7, 11) is 0. The van der Waals surface area contributed by atoms with Gasteiger partial charge < -0.3 is 47.7 Å². The number of fused-ring (bicyclic) bond motifs is 1. The molecule has 4 atom stereocenters. The number of nitrogens with one attached hydrogen (secondary N) is 4. The second kappa shape index (κ2) is 15.7. The van der Waals surface area contributed by atoms with Crippen LogP contribution in [0.1, 0.15) is 44.1 Å². The zero-order chi connectivity index (χ0) is 31.4. The monoisotopic (exact) mass is 590 g/mol. The third-order valence-corrected chi connectivity index (χ3v) is 6.31. The molecule has 11 N–H and O–H groups in total. The number of carbonyl (C=O) groups is 7. The Balaban J connectivity index is 2.20. The first-order chi connectivity index (χ1) is 19.8. The number of carboxylic acids is 3. The number of primary amides is 1. The Labute approximate surface area is 239 Å². The third-order valence-electron chi connectivity index (χ3n) is 6.31. The van der Waals surface area contributed by atoms with Gasteiger partial charge in [-0.1, -0.05) is 18.2 Å². The highest BCUT2D eigenvalue weighted by Crippen LogP contribution is 2.19. The lowest BCUT2D eigenvalue weighted by Crippen LogP contribution is -2.57. The second-order valence-corrected chi connectivity index (χ2v) is 9.56. The Kier molecular flexibility index (Phi) is 12.4. The molecule has 0 aliphatic heterocycles. The molecular formula is C26H34N6O10. The summed E-state index contributed by atoms with van der Waals surface area (Å²) in [5, 5.41) is 35.6. The molecule has 0 aliphatic rings. The summed E-state index contributed by atoms with van der Waals surface area (Å²) in [5.74, 6) is -7.60. The first-order valence-corrected chi connectivity index (χ1v) is 12.9. The number of carbonyl (C=O) groups excluding carboxylic acids is 4. The largest absolute Gasteiger partial charge is 0.481 e. The van der Waals surface area contributed by atoms with Crippen LogP contribution in [0, 0.1) is 0 Å². The van der Waals surface area contributed by atoms with Crippen LogP contribution < -0.4 is 27.4 Å². The normalized spacial score (nSPS) is 13.7. The molecule has 2 aromatic rings. The van der Waals surface area contributed by atoms with E-state index in [2.05, 4.69) is 20.9 Å². The molecule has 42 heavy (non-hydrogen) atoms. The SMILES string of the molecule is NC(=O)CCC(N)C(=O)NC(CCC(=O)O)C(=O)NC(CCC(=O)O)C(=O)NC(Cc1c[nH]c2ccccc12)C(=O)O. The summed E-state index contributed by atoms with van der Waals surface area (Å²) < 4.78 is 0. The number of carboxylic acid groups (broad SMARTS) is 3. The summed E-state index contributed by atoms with van der Waals surface area (Å²) in [5.41, 5.74) is 12.1. The molecule has 1 aromatic carbocycles. The van der Waals surface area contributed by atoms with Gasteiger partial charge in [-0.15, -0.1) is 0 Å². The Hall–Kier alpha value is -4.99. The van der Waals surface area contributed by atoms with Gasteiger partial charge in [0.15, 0.2) is 0 Å². The first-order valence-electron chi connectivity index (χ1n) is 12.9. The van der Waals surface area contributed by atoms with Crippen LogP contribution in [0.3, 0.4) is 0 Å². The van der Waals surface area contributed by atoms with Crippen molar-refractivity contribution >= 4 is 52.4 Å². The fourth-order valence-electron chi connectivity index (χ4n) is 4.05. The van der Waals surface area contributed by atoms with Crippen LogP contribution in [0.25, 0.3) is 10.9 Å². The van der Waals surface area contributed by atoms with Crippen molar-refractivity contribution < 1.29 is 48.9 Å². The molecular weight excluding hydrogens is 556 g/mol. The van der Waals surface area contributed by atoms with E-state index >= 15 is 0 Å². The Bertz CT molecular complexity index is 1330. The molecule has 0 spiro atoms. The standard InChI is InChI=1S/C26H34N6O10/c27-15(5-8-20(28)33)23(38)30-17(6-9-21(34)35)24(39)31-18(7-10-22(36)37)25(40)32-19(26(41)42)11-13-12-29-16-4-2-1-3-14(13)16/h1-4,12,15,17-19,29H,5-11,27H2,(H2,28,33)(H,30,38)(H,31,39)(H,32,40)(H,34,35)(H,36,37)(H,41,42). The molecule has 16 heteroatoms. The number of aromatic amines is 1. The van der Waals surface area contributed by atoms with Gasteiger partial charge in [-0.2, -0.15) is 0 Å². The fourth-order valence-corrected chi connectivity index (χ4v) is 4.05. The Morgan fingerprint density at radius 2 is 1.26 bits per heavy atom. The minimum Gasteiger partial charge on any atom is -0.481 e. The molecule has 16 nitrogen and oxygen atoms in total. The zero-order valence-electron chi connectivity index (χ0n) is 22.5. The van der Waals surface area contributed by atoms with Gasteiger partial charge in [0.1, 0.15) is 18.1 Å². The van der Waals surface area contributed by atoms with Gasteiger partial charge in [0.2, 0.25) is 23.6 Å². The highest BCUT2D eigenvalue weighted by atomic mass is 16.4. The number of nitrogens with two attached hydrogens (primary N) is 2. The highest BCUT2D eigenvalue weighted by Gasteiger charge is 2.31. The van der Waals surface area contributed by atoms with Gasteiger partial charge in [0, 0.05) is 42.8 Å². The maximum absolute atomic E-state index is 13.1. The lowest BCUT2D eigenvalue weighted by molar-refractivity contribution is -0.143. The highest BCUT2D eigenvalue weighted by molar-refractivity contribution is 5.95. The molecule has 228 valence electrons. The number of para-hydroxylation sites is 1. The van der Waals surface area contributed by atoms with Crippen LogP contribution in [0.15, 0.2) is 30.5 Å². The lowest BCUT2D eigenvalue weighted by Gasteiger charge is -2.25. The van der Waals surface area contributed by atoms with Crippen LogP contribution in [0.4, 0.5) is 0 Å². The predicted molar refractivity (Wildman–Crippen MR) is 146 cm³/mol. The van der Waals surface area contributed by atoms with Crippen molar-refractivity contribution in [1.29, 1.82) is 0 Å². The molecule has 0 aliphatic carbocycles. The predicted octanol–water partition coefficient (Wildman–Crippen LogP) is -1.43. The topological polar surface area (TPSA) is 284 Å². The van der Waals surface area contributed by atoms with Crippen LogP contribution >= 0.6 is 0 Å². The lowest BCUT2D eigenvalue weighted by atomic mass is 10.0. The Morgan fingerprint density at radius 1 is 0.738 bits per heavy atom. The van der Waals surface area contributed by atoms with Crippen molar-refractivity contribution in [3.8, 4) is 0 Å². The van der Waals surface area contributed by atoms with Crippen molar-refractivity contribution in [3.05, 3.63) is 36.0 Å². The maximum atomic E-state index is 13.1. The molecule has 0 bridgehead atoms. The smallest absolute Gasteiger partial charge is 0.326 e. The molecule has 2 rings (SSSR count). The van der Waals surface area contributed by atoms with E-state index in [4.69, 9.17) is 21.7 Å². The zero-order valence-corrected chi connectivity index (χ0v) is 22.5. The molecule has 0 fully saturated rings. The third kappa shape index (κ3) is 10.5. The second-order valence-electron chi connectivity index (χ2n) is 9.56. The van der Waals surface area contributed by atoms with Crippen LogP contribution in [-0.2, 0) is 40.0 Å². The quantitative estimate of drug-likeness (QED) is 0.0970. The minimum atomic E-state index is -1.55. The van der Waals surface area contributed by atoms with E-state index in [1.54, 1.807) is 30.5 Å². The molecule has 0 saturated heterocycles. The van der Waals surface area contributed by atoms with E-state index < -0.39 is 91.4 Å². The van der Waals surface area contributed by atoms with Gasteiger partial charge in [0.05, 0.1) is 6.04 Å². The summed E-state index contributed by atoms with van der Waals surface area (Å²) in [6.07, 6.45) is -0.905. The summed E-state index contributed by atoms with van der Waals surface area (Å²) in [6, 6.07) is 1.33. The first kappa shape index (κ1) is 33.2. The van der Waals surface area contributed by atoms with Crippen molar-refractivity contribution in [3.63, 3.8) is 0 Å². The van der Waals surface area contributed by atoms with Crippen LogP contribution in [0.2, 0.25) is 0 Å². The van der Waals surface area contributed by atoms with E-state index in [9.17, 15) is 38.7 Å². The molecule has 1 heterocycles. The molecule has 4 amide bonds. The summed E-state index contributed by atoms with van der Waals surface area (Å²) in [6.45, 7) is 0.